The van der Waals surface area contributed by atoms with E-state index in [9.17, 15) is 42.3 Å². The second-order valence-electron chi connectivity index (χ2n) is 18.6. The number of likely N-dealkylation sites (tertiary alicyclic amines) is 1. The third-order valence-corrected chi connectivity index (χ3v) is 14.0. The Balaban J connectivity index is 0.983. The maximum absolute atomic E-state index is 14.1. The average Bonchev–Trinajstić information content (AvgIpc) is 3.98. The van der Waals surface area contributed by atoms with Crippen LogP contribution in [0.4, 0.5) is 5.69 Å². The minimum absolute atomic E-state index is 0.0306. The molecule has 1 saturated heterocycles. The first-order valence-electron chi connectivity index (χ1n) is 23.0. The Morgan fingerprint density at radius 3 is 2.26 bits per heavy atom. The Kier molecular flexibility index (Phi) is 17.0. The van der Waals surface area contributed by atoms with Crippen molar-refractivity contribution in [3.63, 3.8) is 0 Å². The molecule has 0 spiro atoms. The van der Waals surface area contributed by atoms with E-state index in [4.69, 9.17) is 9.47 Å². The van der Waals surface area contributed by atoms with Crippen LogP contribution in [-0.2, 0) is 35.6 Å². The summed E-state index contributed by atoms with van der Waals surface area (Å²) >= 11 is 1.56. The molecular formula is C50H62N6O11S2. The number of anilines is 1. The van der Waals surface area contributed by atoms with E-state index in [-0.39, 0.29) is 61.7 Å². The van der Waals surface area contributed by atoms with Crippen LogP contribution in [0.2, 0.25) is 0 Å². The number of fused-ring (bicyclic) bond motifs is 1. The molecule has 0 radical (unpaired) electrons. The predicted octanol–water partition coefficient (Wildman–Crippen LogP) is 6.00. The summed E-state index contributed by atoms with van der Waals surface area (Å²) in [5.74, 6) is -2.87. The SMILES string of the molecule is CCOc1cc([C@@H](CS(C)(=O)=O)N2C(=O)c3cccc(NC(=O)CCCCCCC(=O)N[C@H](C(=O)N4C[C@H](O)C[C@H]4C(=O)NCc4ccc(-c5scnc5C)cc4)C(C)(C)C)c3C2=O)ccc1OC. The summed E-state index contributed by atoms with van der Waals surface area (Å²) < 4.78 is 36.4. The number of nitrogens with one attached hydrogen (secondary N) is 3. The lowest BCUT2D eigenvalue weighted by Crippen LogP contribution is -2.57. The van der Waals surface area contributed by atoms with Gasteiger partial charge in [-0.25, -0.2) is 13.4 Å². The number of imide groups is 1. The van der Waals surface area contributed by atoms with E-state index in [2.05, 4.69) is 20.9 Å². The number of carbonyl (C=O) groups is 6. The lowest BCUT2D eigenvalue weighted by Gasteiger charge is -2.35. The topological polar surface area (TPSA) is 231 Å². The maximum atomic E-state index is 14.1. The van der Waals surface area contributed by atoms with E-state index >= 15 is 0 Å². The fraction of sp³-hybridized carbons (Fsp3) is 0.460. The van der Waals surface area contributed by atoms with Crippen molar-refractivity contribution in [3.05, 3.63) is 94.1 Å². The highest BCUT2D eigenvalue weighted by Gasteiger charge is 2.45. The fourth-order valence-electron chi connectivity index (χ4n) is 8.62. The van der Waals surface area contributed by atoms with E-state index in [0.29, 0.717) is 42.7 Å². The Hall–Kier alpha value is -6.18. The first-order valence-corrected chi connectivity index (χ1v) is 26.0. The number of rotatable bonds is 21. The first-order chi connectivity index (χ1) is 32.7. The van der Waals surface area contributed by atoms with Crippen LogP contribution in [-0.4, -0.2) is 114 Å². The number of aromatic nitrogens is 1. The van der Waals surface area contributed by atoms with Gasteiger partial charge in [0.25, 0.3) is 11.8 Å². The summed E-state index contributed by atoms with van der Waals surface area (Å²) in [5.41, 5.74) is 4.40. The van der Waals surface area contributed by atoms with Crippen molar-refractivity contribution in [3.8, 4) is 21.9 Å². The van der Waals surface area contributed by atoms with E-state index in [1.54, 1.807) is 42.0 Å². The van der Waals surface area contributed by atoms with Gasteiger partial charge >= 0.3 is 0 Å². The van der Waals surface area contributed by atoms with Crippen LogP contribution < -0.4 is 25.4 Å². The molecule has 370 valence electrons. The number of unbranched alkanes of at least 4 members (excludes halogenated alkanes) is 3. The number of methoxy groups -OCH3 is 1. The first kappa shape index (κ1) is 52.2. The van der Waals surface area contributed by atoms with E-state index < -0.39 is 74.8 Å². The summed E-state index contributed by atoms with van der Waals surface area (Å²) in [6, 6.07) is 13.9. The summed E-state index contributed by atoms with van der Waals surface area (Å²) in [6.45, 7) is 9.68. The second kappa shape index (κ2) is 22.5. The Labute approximate surface area is 407 Å². The minimum atomic E-state index is -3.72. The van der Waals surface area contributed by atoms with Crippen LogP contribution in [0.3, 0.4) is 0 Å². The highest BCUT2D eigenvalue weighted by molar-refractivity contribution is 7.90. The minimum Gasteiger partial charge on any atom is -0.493 e. The quantitative estimate of drug-likeness (QED) is 0.0557. The summed E-state index contributed by atoms with van der Waals surface area (Å²) in [5, 5.41) is 19.2. The van der Waals surface area contributed by atoms with Crippen LogP contribution >= 0.6 is 11.3 Å². The number of sulfone groups is 1. The van der Waals surface area contributed by atoms with Crippen molar-refractivity contribution < 1.29 is 51.8 Å². The number of aliphatic hydroxyl groups is 1. The molecule has 0 aliphatic carbocycles. The number of aliphatic hydroxyl groups excluding tert-OH is 1. The molecule has 4 N–H and O–H groups in total. The lowest BCUT2D eigenvalue weighted by atomic mass is 9.85. The Morgan fingerprint density at radius 2 is 1.64 bits per heavy atom. The number of amides is 6. The van der Waals surface area contributed by atoms with Crippen LogP contribution in [0.5, 0.6) is 11.5 Å². The van der Waals surface area contributed by atoms with Gasteiger partial charge in [-0.3, -0.25) is 33.7 Å². The van der Waals surface area contributed by atoms with Gasteiger partial charge in [-0.15, -0.1) is 11.3 Å². The number of benzene rings is 3. The van der Waals surface area contributed by atoms with Gasteiger partial charge in [0, 0.05) is 38.6 Å². The monoisotopic (exact) mass is 986 g/mol. The van der Waals surface area contributed by atoms with Gasteiger partial charge in [-0.2, -0.15) is 0 Å². The van der Waals surface area contributed by atoms with Crippen molar-refractivity contribution in [2.24, 2.45) is 5.41 Å². The summed E-state index contributed by atoms with van der Waals surface area (Å²) in [6.07, 6.45) is 2.53. The number of hydrogen-bond donors (Lipinski definition) is 4. The van der Waals surface area contributed by atoms with Gasteiger partial charge in [0.2, 0.25) is 23.6 Å². The zero-order chi connectivity index (χ0) is 50.2. The molecule has 3 heterocycles. The van der Waals surface area contributed by atoms with Gasteiger partial charge in [-0.05, 0) is 73.1 Å². The molecule has 1 fully saturated rings. The predicted molar refractivity (Wildman–Crippen MR) is 262 cm³/mol. The molecule has 2 aliphatic heterocycles. The molecule has 0 bridgehead atoms. The number of nitrogens with zero attached hydrogens (tertiary/aromatic N) is 3. The van der Waals surface area contributed by atoms with Crippen molar-refractivity contribution in [1.29, 1.82) is 0 Å². The number of ether oxygens (including phenoxy) is 2. The second-order valence-corrected chi connectivity index (χ2v) is 21.6. The van der Waals surface area contributed by atoms with E-state index in [1.165, 1.54) is 30.2 Å². The smallest absolute Gasteiger partial charge is 0.264 e. The summed E-state index contributed by atoms with van der Waals surface area (Å²) in [4.78, 5) is 89.5. The van der Waals surface area contributed by atoms with Crippen molar-refractivity contribution >= 4 is 62.3 Å². The molecule has 3 aromatic carbocycles. The largest absolute Gasteiger partial charge is 0.493 e. The molecular weight excluding hydrogens is 925 g/mol. The Morgan fingerprint density at radius 1 is 0.942 bits per heavy atom. The highest BCUT2D eigenvalue weighted by atomic mass is 32.2. The van der Waals surface area contributed by atoms with E-state index in [1.807, 2.05) is 52.0 Å². The zero-order valence-electron chi connectivity index (χ0n) is 40.1. The molecule has 4 atom stereocenters. The van der Waals surface area contributed by atoms with E-state index in [0.717, 1.165) is 32.9 Å². The van der Waals surface area contributed by atoms with Gasteiger partial charge in [-0.1, -0.05) is 70.0 Å². The fourth-order valence-corrected chi connectivity index (χ4v) is 10.3. The molecule has 2 aliphatic rings. The standard InChI is InChI=1S/C50H62N6O11S2/c1-8-67-40-24-33(22-23-39(40)66-6)38(28-69(7,64)65)56-47(61)35-14-13-15-36(43(35)48(56)62)53-41(58)16-11-9-10-12-17-42(59)54-45(50(3,4)5)49(63)55-27-34(57)25-37(55)46(60)51-26-31-18-20-32(21-19-31)44-30(2)52-29-68-44/h13-15,18-24,29,34,37-38,45,57H,8-12,16-17,25-28H2,1-7H3,(H,51,60)(H,53,58)(H,54,59)/t34-,37+,38-,45-/m1/s1. The molecule has 6 amide bonds. The van der Waals surface area contributed by atoms with Gasteiger partial charge in [0.15, 0.2) is 11.5 Å². The van der Waals surface area contributed by atoms with Gasteiger partial charge < -0.3 is 35.4 Å². The number of β-amino-alcohol motifs (C(OH)–C–C–N with tert-alkyl or cyclic N) is 1. The van der Waals surface area contributed by atoms with Crippen LogP contribution in [0.15, 0.2) is 66.2 Å². The number of aryl methyl sites for hydroxylation is 1. The molecule has 17 nitrogen and oxygen atoms in total. The van der Waals surface area contributed by atoms with Crippen LogP contribution in [0, 0.1) is 12.3 Å². The third-order valence-electron chi connectivity index (χ3n) is 12.1. The average molecular weight is 987 g/mol. The number of hydrogen-bond acceptors (Lipinski definition) is 13. The molecule has 69 heavy (non-hydrogen) atoms. The summed E-state index contributed by atoms with van der Waals surface area (Å²) in [7, 11) is -2.26. The normalized spacial score (nSPS) is 16.8. The number of thiazole rings is 1. The molecule has 0 saturated carbocycles. The molecule has 1 aromatic heterocycles. The van der Waals surface area contributed by atoms with Crippen molar-refractivity contribution in [2.75, 3.05) is 37.6 Å². The van der Waals surface area contributed by atoms with Crippen molar-refractivity contribution in [2.45, 2.75) is 110 Å². The maximum Gasteiger partial charge on any atom is 0.264 e. The van der Waals surface area contributed by atoms with Crippen molar-refractivity contribution in [1.82, 2.24) is 25.4 Å². The van der Waals surface area contributed by atoms with Crippen LogP contribution in [0.1, 0.15) is 116 Å². The molecule has 6 rings (SSSR count). The number of carbonyl (C=O) groups excluding carboxylic acids is 6. The van der Waals surface area contributed by atoms with Gasteiger partial charge in [0.05, 0.1) is 64.5 Å². The third kappa shape index (κ3) is 12.9. The zero-order valence-corrected chi connectivity index (χ0v) is 41.8. The molecule has 0 unspecified atom stereocenters. The molecule has 4 aromatic rings. The van der Waals surface area contributed by atoms with Crippen LogP contribution in [0.25, 0.3) is 10.4 Å². The lowest BCUT2D eigenvalue weighted by molar-refractivity contribution is -0.144. The van der Waals surface area contributed by atoms with Gasteiger partial charge in [0.1, 0.15) is 21.9 Å². The highest BCUT2D eigenvalue weighted by Crippen LogP contribution is 2.39. The molecule has 19 heteroatoms. The Bertz CT molecular complexity index is 2660.